The molecule has 2 aliphatic rings. The summed E-state index contributed by atoms with van der Waals surface area (Å²) < 4.78 is 13.0. The maximum atomic E-state index is 5.57. The SMILES string of the molecule is C1=c2cnoc2=CCN1CSc1ncnc2c1nc(N1CCOCC1)n2Cc1ccccc1. The Morgan fingerprint density at radius 1 is 1.06 bits per heavy atom. The normalized spacial score (nSPS) is 15.9. The number of rotatable bonds is 6. The monoisotopic (exact) mass is 461 g/mol. The molecule has 3 aromatic heterocycles. The van der Waals surface area contributed by atoms with Gasteiger partial charge in [0.1, 0.15) is 16.9 Å². The van der Waals surface area contributed by atoms with Crippen LogP contribution in [0.3, 0.4) is 0 Å². The van der Waals surface area contributed by atoms with Crippen molar-refractivity contribution < 1.29 is 9.26 Å². The fraction of sp³-hybridized carbons (Fsp3) is 0.304. The molecule has 0 saturated carbocycles. The van der Waals surface area contributed by atoms with Gasteiger partial charge in [0.25, 0.3) is 0 Å². The molecule has 10 heteroatoms. The Bertz CT molecular complexity index is 1380. The van der Waals surface area contributed by atoms with Crippen molar-refractivity contribution in [3.05, 3.63) is 59.1 Å². The van der Waals surface area contributed by atoms with Crippen molar-refractivity contribution in [1.82, 2.24) is 29.6 Å². The first kappa shape index (κ1) is 20.3. The number of imidazole rings is 1. The van der Waals surface area contributed by atoms with Gasteiger partial charge in [-0.15, -0.1) is 0 Å². The highest BCUT2D eigenvalue weighted by atomic mass is 32.2. The third-order valence-electron chi connectivity index (χ3n) is 5.78. The maximum Gasteiger partial charge on any atom is 0.208 e. The summed E-state index contributed by atoms with van der Waals surface area (Å²) in [4.78, 5) is 18.8. The highest BCUT2D eigenvalue weighted by molar-refractivity contribution is 7.99. The van der Waals surface area contributed by atoms with Gasteiger partial charge in [-0.1, -0.05) is 47.3 Å². The molecule has 5 heterocycles. The summed E-state index contributed by atoms with van der Waals surface area (Å²) in [5.74, 6) is 1.66. The topological polar surface area (TPSA) is 85.3 Å². The Morgan fingerprint density at radius 2 is 1.94 bits per heavy atom. The van der Waals surface area contributed by atoms with Crippen LogP contribution in [-0.2, 0) is 11.3 Å². The Hall–Kier alpha value is -3.37. The van der Waals surface area contributed by atoms with E-state index in [4.69, 9.17) is 14.2 Å². The van der Waals surface area contributed by atoms with Crippen molar-refractivity contribution in [2.24, 2.45) is 0 Å². The van der Waals surface area contributed by atoms with Crippen molar-refractivity contribution in [1.29, 1.82) is 0 Å². The average Bonchev–Trinajstić information content (AvgIpc) is 3.49. The molecular formula is C23H23N7O2S. The number of hydrogen-bond donors (Lipinski definition) is 0. The zero-order valence-corrected chi connectivity index (χ0v) is 18.8. The fourth-order valence-corrected chi connectivity index (χ4v) is 4.98. The molecule has 0 N–H and O–H groups in total. The van der Waals surface area contributed by atoms with Crippen LogP contribution in [0.2, 0.25) is 0 Å². The van der Waals surface area contributed by atoms with Crippen LogP contribution in [0.4, 0.5) is 5.95 Å². The molecule has 0 radical (unpaired) electrons. The van der Waals surface area contributed by atoms with Crippen molar-refractivity contribution in [3.8, 4) is 0 Å². The number of anilines is 1. The van der Waals surface area contributed by atoms with Gasteiger partial charge in [0.15, 0.2) is 11.1 Å². The highest BCUT2D eigenvalue weighted by Crippen LogP contribution is 2.29. The van der Waals surface area contributed by atoms with E-state index >= 15 is 0 Å². The van der Waals surface area contributed by atoms with Crippen LogP contribution in [0.25, 0.3) is 23.4 Å². The number of nitrogens with zero attached hydrogens (tertiary/aromatic N) is 7. The second-order valence-corrected chi connectivity index (χ2v) is 8.89. The largest absolute Gasteiger partial charge is 0.378 e. The van der Waals surface area contributed by atoms with Gasteiger partial charge in [0.05, 0.1) is 37.1 Å². The minimum atomic E-state index is 0.702. The Labute approximate surface area is 194 Å². The smallest absolute Gasteiger partial charge is 0.208 e. The number of fused-ring (bicyclic) bond motifs is 2. The van der Waals surface area contributed by atoms with Crippen LogP contribution in [0.15, 0.2) is 52.4 Å². The van der Waals surface area contributed by atoms with E-state index in [1.807, 2.05) is 12.1 Å². The number of thioether (sulfide) groups is 1. The molecule has 1 fully saturated rings. The molecule has 6 rings (SSSR count). The molecule has 33 heavy (non-hydrogen) atoms. The maximum absolute atomic E-state index is 5.57. The second-order valence-electron chi connectivity index (χ2n) is 7.96. The molecule has 0 aliphatic carbocycles. The van der Waals surface area contributed by atoms with Gasteiger partial charge in [0, 0.05) is 25.8 Å². The van der Waals surface area contributed by atoms with E-state index in [2.05, 4.69) is 60.0 Å². The van der Waals surface area contributed by atoms with E-state index in [0.29, 0.717) is 19.8 Å². The predicted molar refractivity (Wildman–Crippen MR) is 126 cm³/mol. The summed E-state index contributed by atoms with van der Waals surface area (Å²) in [6.07, 6.45) is 7.50. The standard InChI is InChI=1S/C23H23N7O2S/c1-2-4-17(5-3-1)13-30-21-20(27-23(30)29-8-10-31-11-9-29)22(25-15-24-21)33-16-28-7-6-19-18(14-28)12-26-32-19/h1-6,12,14-15H,7-11,13,16H2. The highest BCUT2D eigenvalue weighted by Gasteiger charge is 2.23. The summed E-state index contributed by atoms with van der Waals surface area (Å²) in [5, 5.41) is 5.75. The summed E-state index contributed by atoms with van der Waals surface area (Å²) in [7, 11) is 0. The molecule has 9 nitrogen and oxygen atoms in total. The zero-order valence-electron chi connectivity index (χ0n) is 18.0. The summed E-state index contributed by atoms with van der Waals surface area (Å²) >= 11 is 1.66. The molecule has 0 bridgehead atoms. The quantitative estimate of drug-likeness (QED) is 0.311. The number of aromatic nitrogens is 5. The van der Waals surface area contributed by atoms with Crippen molar-refractivity contribution >= 4 is 41.2 Å². The summed E-state index contributed by atoms with van der Waals surface area (Å²) in [6.45, 7) is 4.50. The van der Waals surface area contributed by atoms with Gasteiger partial charge in [-0.05, 0) is 11.6 Å². The third-order valence-corrected chi connectivity index (χ3v) is 6.82. The molecule has 0 atom stereocenters. The molecule has 4 aromatic rings. The van der Waals surface area contributed by atoms with Crippen molar-refractivity contribution in [2.75, 3.05) is 43.6 Å². The summed E-state index contributed by atoms with van der Waals surface area (Å²) in [6, 6.07) is 10.4. The average molecular weight is 462 g/mol. The molecule has 0 amide bonds. The predicted octanol–water partition coefficient (Wildman–Crippen LogP) is 1.28. The summed E-state index contributed by atoms with van der Waals surface area (Å²) in [5.41, 5.74) is 3.73. The van der Waals surface area contributed by atoms with Gasteiger partial charge in [-0.25, -0.2) is 15.0 Å². The van der Waals surface area contributed by atoms with Crippen molar-refractivity contribution in [3.63, 3.8) is 0 Å². The third kappa shape index (κ3) is 4.07. The van der Waals surface area contributed by atoms with E-state index in [0.717, 1.165) is 58.3 Å². The van der Waals surface area contributed by atoms with Crippen LogP contribution in [0, 0.1) is 0 Å². The lowest BCUT2D eigenvalue weighted by atomic mass is 10.2. The second kappa shape index (κ2) is 8.87. The minimum Gasteiger partial charge on any atom is -0.378 e. The Kier molecular flexibility index (Phi) is 5.45. The van der Waals surface area contributed by atoms with Crippen LogP contribution in [-0.4, -0.2) is 68.3 Å². The van der Waals surface area contributed by atoms with Gasteiger partial charge in [0.2, 0.25) is 5.95 Å². The zero-order chi connectivity index (χ0) is 22.0. The first-order valence-electron chi connectivity index (χ1n) is 10.9. The molecular weight excluding hydrogens is 438 g/mol. The Morgan fingerprint density at radius 3 is 2.82 bits per heavy atom. The van der Waals surface area contributed by atoms with Gasteiger partial charge in [-0.2, -0.15) is 0 Å². The lowest BCUT2D eigenvalue weighted by Gasteiger charge is -2.28. The van der Waals surface area contributed by atoms with E-state index < -0.39 is 0 Å². The molecule has 2 aliphatic heterocycles. The first-order valence-corrected chi connectivity index (χ1v) is 11.9. The molecule has 1 aromatic carbocycles. The molecule has 1 saturated heterocycles. The van der Waals surface area contributed by atoms with Crippen molar-refractivity contribution in [2.45, 2.75) is 11.6 Å². The van der Waals surface area contributed by atoms with E-state index in [1.54, 1.807) is 24.3 Å². The number of ether oxygens (including phenoxy) is 1. The number of morpholine rings is 1. The molecule has 0 spiro atoms. The number of hydrogen-bond acceptors (Lipinski definition) is 9. The van der Waals surface area contributed by atoms with Crippen LogP contribution >= 0.6 is 11.8 Å². The van der Waals surface area contributed by atoms with Crippen LogP contribution in [0.1, 0.15) is 5.56 Å². The lowest BCUT2D eigenvalue weighted by molar-refractivity contribution is 0.121. The van der Waals surface area contributed by atoms with E-state index in [9.17, 15) is 0 Å². The minimum absolute atomic E-state index is 0.702. The number of benzene rings is 1. The Balaban J connectivity index is 1.33. The lowest BCUT2D eigenvalue weighted by Crippen LogP contribution is -2.38. The van der Waals surface area contributed by atoms with E-state index in [-0.39, 0.29) is 0 Å². The fourth-order valence-electron chi connectivity index (χ4n) is 4.12. The van der Waals surface area contributed by atoms with Gasteiger partial charge in [-0.3, -0.25) is 4.57 Å². The molecule has 168 valence electrons. The van der Waals surface area contributed by atoms with Gasteiger partial charge >= 0.3 is 0 Å². The van der Waals surface area contributed by atoms with Crippen LogP contribution < -0.4 is 15.5 Å². The van der Waals surface area contributed by atoms with Gasteiger partial charge < -0.3 is 19.1 Å². The first-order chi connectivity index (χ1) is 16.3. The molecule has 0 unspecified atom stereocenters. The van der Waals surface area contributed by atoms with Crippen LogP contribution in [0.5, 0.6) is 0 Å². The van der Waals surface area contributed by atoms with E-state index in [1.165, 1.54) is 5.56 Å².